The smallest absolute Gasteiger partial charge is 0.167 e. The molecule has 3 heterocycles. The minimum atomic E-state index is 0.0422. The Labute approximate surface area is 252 Å². The highest BCUT2D eigenvalue weighted by molar-refractivity contribution is 5.86. The van der Waals surface area contributed by atoms with Crippen molar-refractivity contribution in [1.82, 2.24) is 14.7 Å². The number of nitrogens with zero attached hydrogens (tertiary/aromatic N) is 2. The fourth-order valence-electron chi connectivity index (χ4n) is 5.77. The van der Waals surface area contributed by atoms with Crippen LogP contribution in [-0.4, -0.2) is 14.7 Å². The Morgan fingerprint density at radius 3 is 1.93 bits per heavy atom. The molecule has 0 saturated carbocycles. The Balaban J connectivity index is 0.000000145. The fraction of sp³-hybridized carbons (Fsp3) is 0.395. The molecule has 0 aliphatic rings. The van der Waals surface area contributed by atoms with E-state index in [1.807, 2.05) is 6.07 Å². The minimum Gasteiger partial charge on any atom is -0.358 e. The number of H-pyrrole nitrogens is 1. The lowest BCUT2D eigenvalue weighted by atomic mass is 9.85. The van der Waals surface area contributed by atoms with Crippen LogP contribution in [0.4, 0.5) is 0 Å². The van der Waals surface area contributed by atoms with E-state index in [2.05, 4.69) is 165 Å². The molecule has 3 aromatic carbocycles. The lowest BCUT2D eigenvalue weighted by Crippen LogP contribution is -2.11. The molecular weight excluding hydrogens is 514 g/mol. The van der Waals surface area contributed by atoms with Gasteiger partial charge in [-0.3, -0.25) is 0 Å². The third-order valence-electron chi connectivity index (χ3n) is 7.69. The van der Waals surface area contributed by atoms with Crippen LogP contribution in [0.3, 0.4) is 0 Å². The number of aromatic nitrogens is 3. The summed E-state index contributed by atoms with van der Waals surface area (Å²) < 4.78 is 7.51. The molecular formula is C38H49N3O. The largest absolute Gasteiger partial charge is 0.358 e. The van der Waals surface area contributed by atoms with E-state index in [0.29, 0.717) is 0 Å². The van der Waals surface area contributed by atoms with Crippen LogP contribution in [0.2, 0.25) is 0 Å². The Bertz CT molecular complexity index is 1800. The van der Waals surface area contributed by atoms with Crippen molar-refractivity contribution >= 4 is 32.8 Å². The monoisotopic (exact) mass is 563 g/mol. The van der Waals surface area contributed by atoms with Gasteiger partial charge in [0.2, 0.25) is 0 Å². The molecule has 6 aromatic rings. The standard InChI is InChI=1S/2C13H17N.C12H15NO/c1-13(2,3)11-9-14(4)12-8-6-5-7-10(11)12;1-9-12(13(2,3)4)10-7-5-6-8-11(10)14-9;1-8-5-6-9-10(7-8)14-13-11(9)12(2,3)4/h5-9H,1-4H3;5-8,14H,1-4H3;5-7H,1-4H3. The Kier molecular flexibility index (Phi) is 8.51. The second-order valence-electron chi connectivity index (χ2n) is 14.6. The summed E-state index contributed by atoms with van der Waals surface area (Å²) in [5, 5.41) is 8.00. The lowest BCUT2D eigenvalue weighted by Gasteiger charge is -2.19. The van der Waals surface area contributed by atoms with E-state index >= 15 is 0 Å². The van der Waals surface area contributed by atoms with Crippen molar-refractivity contribution in [2.75, 3.05) is 0 Å². The van der Waals surface area contributed by atoms with E-state index in [9.17, 15) is 0 Å². The first-order valence-electron chi connectivity index (χ1n) is 15.0. The Morgan fingerprint density at radius 2 is 1.31 bits per heavy atom. The third-order valence-corrected chi connectivity index (χ3v) is 7.69. The van der Waals surface area contributed by atoms with Crippen molar-refractivity contribution in [3.63, 3.8) is 0 Å². The van der Waals surface area contributed by atoms with E-state index in [1.54, 1.807) is 0 Å². The van der Waals surface area contributed by atoms with Gasteiger partial charge >= 0.3 is 0 Å². The first kappa shape index (κ1) is 31.2. The summed E-state index contributed by atoms with van der Waals surface area (Å²) in [6, 6.07) is 23.3. The SMILES string of the molecule is Cc1[nH]c2ccccc2c1C(C)(C)C.Cc1ccc2c(C(C)(C)C)noc2c1.Cn1cc(C(C)(C)C)c2ccccc21. The maximum absolute atomic E-state index is 5.31. The number of nitrogens with one attached hydrogen (secondary N) is 1. The molecule has 0 radical (unpaired) electrons. The van der Waals surface area contributed by atoms with Crippen molar-refractivity contribution in [2.45, 2.75) is 92.4 Å². The summed E-state index contributed by atoms with van der Waals surface area (Å²) in [6.07, 6.45) is 2.24. The average Bonchev–Trinajstić information content (AvgIpc) is 3.56. The molecule has 4 heteroatoms. The molecule has 6 rings (SSSR count). The molecule has 0 amide bonds. The van der Waals surface area contributed by atoms with Crippen molar-refractivity contribution in [1.29, 1.82) is 0 Å². The predicted molar refractivity (Wildman–Crippen MR) is 181 cm³/mol. The van der Waals surface area contributed by atoms with Crippen LogP contribution in [0.25, 0.3) is 32.8 Å². The molecule has 4 nitrogen and oxygen atoms in total. The Morgan fingerprint density at radius 1 is 0.690 bits per heavy atom. The second kappa shape index (κ2) is 11.5. The first-order chi connectivity index (χ1) is 19.5. The van der Waals surface area contributed by atoms with Gasteiger partial charge in [0.15, 0.2) is 5.58 Å². The van der Waals surface area contributed by atoms with Crippen LogP contribution >= 0.6 is 0 Å². The Hall–Kier alpha value is -3.79. The highest BCUT2D eigenvalue weighted by Crippen LogP contribution is 2.33. The lowest BCUT2D eigenvalue weighted by molar-refractivity contribution is 0.419. The second-order valence-corrected chi connectivity index (χ2v) is 14.6. The van der Waals surface area contributed by atoms with Crippen molar-refractivity contribution < 1.29 is 4.52 Å². The summed E-state index contributed by atoms with van der Waals surface area (Å²) >= 11 is 0. The number of para-hydroxylation sites is 2. The predicted octanol–water partition coefficient (Wildman–Crippen LogP) is 10.7. The van der Waals surface area contributed by atoms with Crippen LogP contribution in [0, 0.1) is 13.8 Å². The van der Waals surface area contributed by atoms with E-state index in [4.69, 9.17) is 4.52 Å². The third kappa shape index (κ3) is 6.64. The first-order valence-corrected chi connectivity index (χ1v) is 15.0. The van der Waals surface area contributed by atoms with E-state index in [-0.39, 0.29) is 16.2 Å². The van der Waals surface area contributed by atoms with Gasteiger partial charge in [0.1, 0.15) is 0 Å². The molecule has 0 spiro atoms. The summed E-state index contributed by atoms with van der Waals surface area (Å²) in [5.41, 5.74) is 10.3. The van der Waals surface area contributed by atoms with Gasteiger partial charge in [-0.15, -0.1) is 0 Å². The number of hydrogen-bond acceptors (Lipinski definition) is 2. The number of hydrogen-bond donors (Lipinski definition) is 1. The van der Waals surface area contributed by atoms with Gasteiger partial charge in [0.25, 0.3) is 0 Å². The van der Waals surface area contributed by atoms with Gasteiger partial charge in [0, 0.05) is 51.5 Å². The zero-order valence-corrected chi connectivity index (χ0v) is 27.7. The molecule has 1 N–H and O–H groups in total. The van der Waals surface area contributed by atoms with Crippen LogP contribution in [0.15, 0.2) is 77.4 Å². The van der Waals surface area contributed by atoms with Gasteiger partial charge in [-0.05, 0) is 65.6 Å². The number of rotatable bonds is 0. The molecule has 222 valence electrons. The molecule has 0 fully saturated rings. The van der Waals surface area contributed by atoms with E-state index in [0.717, 1.165) is 16.7 Å². The average molecular weight is 564 g/mol. The number of fused-ring (bicyclic) bond motifs is 3. The van der Waals surface area contributed by atoms with Crippen LogP contribution in [-0.2, 0) is 23.3 Å². The van der Waals surface area contributed by atoms with Crippen molar-refractivity contribution in [3.8, 4) is 0 Å². The number of aryl methyl sites for hydroxylation is 3. The van der Waals surface area contributed by atoms with Crippen molar-refractivity contribution in [3.05, 3.63) is 101 Å². The molecule has 0 saturated heterocycles. The fourth-order valence-corrected chi connectivity index (χ4v) is 5.77. The topological polar surface area (TPSA) is 46.8 Å². The normalized spacial score (nSPS) is 12.3. The van der Waals surface area contributed by atoms with Gasteiger partial charge in [-0.25, -0.2) is 0 Å². The van der Waals surface area contributed by atoms with Crippen LogP contribution < -0.4 is 0 Å². The minimum absolute atomic E-state index is 0.0422. The molecule has 0 bridgehead atoms. The summed E-state index contributed by atoms with van der Waals surface area (Å²) in [6.45, 7) is 24.2. The molecule has 0 unspecified atom stereocenters. The highest BCUT2D eigenvalue weighted by Gasteiger charge is 2.22. The van der Waals surface area contributed by atoms with Gasteiger partial charge in [0.05, 0.1) is 5.69 Å². The van der Waals surface area contributed by atoms with Crippen LogP contribution in [0.5, 0.6) is 0 Å². The van der Waals surface area contributed by atoms with Gasteiger partial charge in [-0.1, -0.05) is 110 Å². The van der Waals surface area contributed by atoms with Crippen LogP contribution in [0.1, 0.15) is 90.4 Å². The van der Waals surface area contributed by atoms with Gasteiger partial charge < -0.3 is 14.1 Å². The quantitative estimate of drug-likeness (QED) is 0.200. The summed E-state index contributed by atoms with van der Waals surface area (Å²) in [4.78, 5) is 3.43. The van der Waals surface area contributed by atoms with E-state index in [1.165, 1.54) is 44.2 Å². The number of benzene rings is 3. The summed E-state index contributed by atoms with van der Waals surface area (Å²) in [7, 11) is 2.11. The summed E-state index contributed by atoms with van der Waals surface area (Å²) in [5.74, 6) is 0. The molecule has 3 aromatic heterocycles. The van der Waals surface area contributed by atoms with Crippen molar-refractivity contribution in [2.24, 2.45) is 7.05 Å². The van der Waals surface area contributed by atoms with E-state index < -0.39 is 0 Å². The maximum Gasteiger partial charge on any atom is 0.167 e. The zero-order chi connectivity index (χ0) is 31.0. The molecule has 0 aliphatic carbocycles. The molecule has 0 aliphatic heterocycles. The zero-order valence-electron chi connectivity index (χ0n) is 27.7. The maximum atomic E-state index is 5.31. The molecule has 0 atom stereocenters. The van der Waals surface area contributed by atoms with Gasteiger partial charge in [-0.2, -0.15) is 0 Å². The molecule has 42 heavy (non-hydrogen) atoms. The highest BCUT2D eigenvalue weighted by atomic mass is 16.5. The number of aromatic amines is 1.